The molecule has 0 aliphatic heterocycles. The van der Waals surface area contributed by atoms with Crippen LogP contribution in [0.4, 0.5) is 11.6 Å². The molecule has 0 saturated heterocycles. The predicted octanol–water partition coefficient (Wildman–Crippen LogP) is 5.36. The molecule has 0 spiro atoms. The van der Waals surface area contributed by atoms with Crippen LogP contribution in [-0.4, -0.2) is 28.1 Å². The van der Waals surface area contributed by atoms with Gasteiger partial charge in [-0.3, -0.25) is 5.32 Å². The first-order valence-electron chi connectivity index (χ1n) is 9.62. The molecule has 10 heteroatoms. The standard InChI is InChI=1S/C22H22Cl2N6OS/c1-13-10-14(2)27-21(26-13)29-20(25-12-15-4-6-16(23)7-5-15)30-22(32)28-18-11-17(24)8-9-19(18)31-3/h4-11H,12H2,1-3H3,(H3,25,26,27,28,29,30,32). The van der Waals surface area contributed by atoms with Crippen molar-refractivity contribution in [2.75, 3.05) is 17.7 Å². The minimum absolute atomic E-state index is 0.289. The number of nitrogens with zero attached hydrogens (tertiary/aromatic N) is 3. The molecule has 0 aliphatic carbocycles. The SMILES string of the molecule is COc1ccc(Cl)cc1NC(=S)NC(=NCc1ccc(Cl)cc1)Nc1nc(C)cc(C)n1. The van der Waals surface area contributed by atoms with E-state index in [1.54, 1.807) is 25.3 Å². The molecule has 3 rings (SSSR count). The number of aryl methyl sites for hydroxylation is 2. The maximum absolute atomic E-state index is 6.11. The first kappa shape index (κ1) is 23.7. The highest BCUT2D eigenvalue weighted by molar-refractivity contribution is 7.80. The van der Waals surface area contributed by atoms with E-state index in [0.717, 1.165) is 17.0 Å². The molecule has 3 aromatic rings. The zero-order chi connectivity index (χ0) is 23.1. The van der Waals surface area contributed by atoms with E-state index in [4.69, 9.17) is 40.2 Å². The van der Waals surface area contributed by atoms with E-state index < -0.39 is 0 Å². The van der Waals surface area contributed by atoms with Crippen LogP contribution in [-0.2, 0) is 6.54 Å². The van der Waals surface area contributed by atoms with Crippen LogP contribution in [0.15, 0.2) is 53.5 Å². The Bertz CT molecular complexity index is 1120. The van der Waals surface area contributed by atoms with Crippen LogP contribution in [0.25, 0.3) is 0 Å². The number of aliphatic imine (C=N–C) groups is 1. The fraction of sp³-hybridized carbons (Fsp3) is 0.182. The fourth-order valence-electron chi connectivity index (χ4n) is 2.80. The van der Waals surface area contributed by atoms with E-state index in [9.17, 15) is 0 Å². The maximum Gasteiger partial charge on any atom is 0.229 e. The quantitative estimate of drug-likeness (QED) is 0.253. The topological polar surface area (TPSA) is 83.5 Å². The second-order valence-electron chi connectivity index (χ2n) is 6.81. The van der Waals surface area contributed by atoms with E-state index in [-0.39, 0.29) is 5.11 Å². The third-order valence-electron chi connectivity index (χ3n) is 4.19. The molecular weight excluding hydrogens is 467 g/mol. The number of hydrogen-bond acceptors (Lipinski definition) is 5. The number of hydrogen-bond donors (Lipinski definition) is 3. The van der Waals surface area contributed by atoms with E-state index >= 15 is 0 Å². The van der Waals surface area contributed by atoms with Crippen molar-refractivity contribution in [1.29, 1.82) is 0 Å². The minimum Gasteiger partial charge on any atom is -0.495 e. The summed E-state index contributed by atoms with van der Waals surface area (Å²) in [5.41, 5.74) is 3.27. The van der Waals surface area contributed by atoms with Crippen LogP contribution in [0.2, 0.25) is 10.0 Å². The first-order valence-corrected chi connectivity index (χ1v) is 10.8. The molecular formula is C22H22Cl2N6OS. The summed E-state index contributed by atoms with van der Waals surface area (Å²) in [6, 6.07) is 14.5. The molecule has 166 valence electrons. The Hall–Kier alpha value is -2.94. The second kappa shape index (κ2) is 11.1. The first-order chi connectivity index (χ1) is 15.3. The van der Waals surface area contributed by atoms with Gasteiger partial charge in [-0.2, -0.15) is 0 Å². The zero-order valence-corrected chi connectivity index (χ0v) is 20.1. The molecule has 2 aromatic carbocycles. The van der Waals surface area contributed by atoms with Crippen molar-refractivity contribution in [2.45, 2.75) is 20.4 Å². The third-order valence-corrected chi connectivity index (χ3v) is 4.88. The summed E-state index contributed by atoms with van der Waals surface area (Å²) in [6.07, 6.45) is 0. The monoisotopic (exact) mass is 488 g/mol. The summed E-state index contributed by atoms with van der Waals surface area (Å²) in [6.45, 7) is 4.19. The molecule has 0 amide bonds. The molecule has 0 radical (unpaired) electrons. The molecule has 7 nitrogen and oxygen atoms in total. The van der Waals surface area contributed by atoms with Crippen molar-refractivity contribution in [2.24, 2.45) is 4.99 Å². The number of ether oxygens (including phenoxy) is 1. The van der Waals surface area contributed by atoms with Crippen molar-refractivity contribution in [3.05, 3.63) is 75.5 Å². The highest BCUT2D eigenvalue weighted by atomic mass is 35.5. The summed E-state index contributed by atoms with van der Waals surface area (Å²) >= 11 is 17.6. The smallest absolute Gasteiger partial charge is 0.229 e. The van der Waals surface area contributed by atoms with Crippen LogP contribution < -0.4 is 20.7 Å². The van der Waals surface area contributed by atoms with Gasteiger partial charge in [-0.15, -0.1) is 0 Å². The van der Waals surface area contributed by atoms with Gasteiger partial charge in [0.1, 0.15) is 5.75 Å². The molecule has 0 aliphatic rings. The Morgan fingerprint density at radius 3 is 2.28 bits per heavy atom. The summed E-state index contributed by atoms with van der Waals surface area (Å²) in [5, 5.41) is 10.7. The number of nitrogens with one attached hydrogen (secondary N) is 3. The molecule has 1 heterocycles. The van der Waals surface area contributed by atoms with Gasteiger partial charge in [0.25, 0.3) is 0 Å². The number of guanidine groups is 1. The molecule has 1 aromatic heterocycles. The summed E-state index contributed by atoms with van der Waals surface area (Å²) in [7, 11) is 1.57. The van der Waals surface area contributed by atoms with Crippen LogP contribution in [0, 0.1) is 13.8 Å². The lowest BCUT2D eigenvalue weighted by Crippen LogP contribution is -2.39. The molecule has 0 atom stereocenters. The molecule has 3 N–H and O–H groups in total. The van der Waals surface area contributed by atoms with Gasteiger partial charge in [0.15, 0.2) is 5.11 Å². The zero-order valence-electron chi connectivity index (χ0n) is 17.7. The Kier molecular flexibility index (Phi) is 8.21. The highest BCUT2D eigenvalue weighted by Crippen LogP contribution is 2.27. The Balaban J connectivity index is 1.80. The van der Waals surface area contributed by atoms with Gasteiger partial charge in [-0.1, -0.05) is 35.3 Å². The lowest BCUT2D eigenvalue weighted by atomic mass is 10.2. The van der Waals surface area contributed by atoms with Crippen molar-refractivity contribution >= 4 is 58.1 Å². The second-order valence-corrected chi connectivity index (χ2v) is 8.10. The minimum atomic E-state index is 0.289. The van der Waals surface area contributed by atoms with Gasteiger partial charge in [-0.05, 0) is 68.0 Å². The number of benzene rings is 2. The normalized spacial score (nSPS) is 11.1. The van der Waals surface area contributed by atoms with E-state index in [0.29, 0.717) is 39.9 Å². The number of anilines is 2. The predicted molar refractivity (Wildman–Crippen MR) is 135 cm³/mol. The Morgan fingerprint density at radius 1 is 0.969 bits per heavy atom. The molecule has 32 heavy (non-hydrogen) atoms. The average molecular weight is 489 g/mol. The van der Waals surface area contributed by atoms with E-state index in [1.165, 1.54) is 0 Å². The number of aromatic nitrogens is 2. The molecule has 0 bridgehead atoms. The van der Waals surface area contributed by atoms with Crippen molar-refractivity contribution < 1.29 is 4.74 Å². The number of methoxy groups -OCH3 is 1. The summed E-state index contributed by atoms with van der Waals surface area (Å²) < 4.78 is 5.36. The van der Waals surface area contributed by atoms with Gasteiger partial charge in [0, 0.05) is 21.4 Å². The van der Waals surface area contributed by atoms with Gasteiger partial charge in [0.05, 0.1) is 19.3 Å². The largest absolute Gasteiger partial charge is 0.495 e. The van der Waals surface area contributed by atoms with Gasteiger partial charge in [0.2, 0.25) is 11.9 Å². The summed E-state index contributed by atoms with van der Waals surface area (Å²) in [5.74, 6) is 1.39. The van der Waals surface area contributed by atoms with Crippen LogP contribution in [0.5, 0.6) is 5.75 Å². The van der Waals surface area contributed by atoms with Crippen LogP contribution >= 0.6 is 35.4 Å². The highest BCUT2D eigenvalue weighted by Gasteiger charge is 2.10. The maximum atomic E-state index is 6.11. The van der Waals surface area contributed by atoms with Gasteiger partial charge >= 0.3 is 0 Å². The van der Waals surface area contributed by atoms with Crippen molar-refractivity contribution in [1.82, 2.24) is 15.3 Å². The number of halogens is 2. The molecule has 0 unspecified atom stereocenters. The number of thiocarbonyl (C=S) groups is 1. The van der Waals surface area contributed by atoms with Crippen LogP contribution in [0.3, 0.4) is 0 Å². The lowest BCUT2D eigenvalue weighted by Gasteiger charge is -2.16. The summed E-state index contributed by atoms with van der Waals surface area (Å²) in [4.78, 5) is 13.4. The van der Waals surface area contributed by atoms with Gasteiger partial charge < -0.3 is 15.4 Å². The fourth-order valence-corrected chi connectivity index (χ4v) is 3.30. The van der Waals surface area contributed by atoms with Crippen molar-refractivity contribution in [3.63, 3.8) is 0 Å². The lowest BCUT2D eigenvalue weighted by molar-refractivity contribution is 0.417. The number of rotatable bonds is 5. The van der Waals surface area contributed by atoms with E-state index in [1.807, 2.05) is 44.2 Å². The Labute approximate surface area is 202 Å². The third kappa shape index (κ3) is 7.05. The van der Waals surface area contributed by atoms with E-state index in [2.05, 4.69) is 30.9 Å². The molecule has 0 fully saturated rings. The van der Waals surface area contributed by atoms with Crippen LogP contribution in [0.1, 0.15) is 17.0 Å². The Morgan fingerprint density at radius 2 is 1.62 bits per heavy atom. The average Bonchev–Trinajstić information content (AvgIpc) is 2.72. The molecule has 0 saturated carbocycles. The van der Waals surface area contributed by atoms with Crippen molar-refractivity contribution in [3.8, 4) is 5.75 Å². The van der Waals surface area contributed by atoms with Gasteiger partial charge in [-0.25, -0.2) is 15.0 Å².